The zero-order valence-corrected chi connectivity index (χ0v) is 13.8. The van der Waals surface area contributed by atoms with Gasteiger partial charge in [-0.1, -0.05) is 0 Å². The molecular formula is C16H22O4S. The molecule has 4 nitrogen and oxygen atoms in total. The van der Waals surface area contributed by atoms with E-state index < -0.39 is 5.60 Å². The molecule has 0 atom stereocenters. The van der Waals surface area contributed by atoms with Gasteiger partial charge in [0.1, 0.15) is 11.4 Å². The van der Waals surface area contributed by atoms with Crippen LogP contribution in [-0.4, -0.2) is 35.5 Å². The summed E-state index contributed by atoms with van der Waals surface area (Å²) in [7, 11) is 0. The van der Waals surface area contributed by atoms with Crippen LogP contribution in [0, 0.1) is 0 Å². The van der Waals surface area contributed by atoms with Gasteiger partial charge in [-0.2, -0.15) is 0 Å². The van der Waals surface area contributed by atoms with Gasteiger partial charge in [0.05, 0.1) is 18.1 Å². The van der Waals surface area contributed by atoms with Crippen LogP contribution in [0.25, 0.3) is 0 Å². The van der Waals surface area contributed by atoms with Crippen LogP contribution in [0.5, 0.6) is 5.75 Å². The monoisotopic (exact) mass is 310 g/mol. The van der Waals surface area contributed by atoms with Crippen LogP contribution in [-0.2, 0) is 9.53 Å². The fraction of sp³-hybridized carbons (Fsp3) is 0.500. The highest BCUT2D eigenvalue weighted by Crippen LogP contribution is 2.15. The number of thioether (sulfide) groups is 1. The average Bonchev–Trinajstić information content (AvgIpc) is 2.37. The zero-order chi connectivity index (χ0) is 15.9. The van der Waals surface area contributed by atoms with Crippen LogP contribution < -0.4 is 4.74 Å². The number of rotatable bonds is 7. The molecule has 0 amide bonds. The summed E-state index contributed by atoms with van der Waals surface area (Å²) < 4.78 is 10.5. The molecule has 0 aliphatic heterocycles. The largest absolute Gasteiger partial charge is 0.494 e. The van der Waals surface area contributed by atoms with Crippen molar-refractivity contribution >= 4 is 23.5 Å². The molecule has 1 rings (SSSR count). The molecule has 0 N–H and O–H groups in total. The van der Waals surface area contributed by atoms with E-state index in [0.717, 1.165) is 5.75 Å². The van der Waals surface area contributed by atoms with Gasteiger partial charge in [-0.05, 0) is 52.0 Å². The molecule has 0 heterocycles. The van der Waals surface area contributed by atoms with Crippen molar-refractivity contribution in [3.05, 3.63) is 29.8 Å². The van der Waals surface area contributed by atoms with E-state index in [2.05, 4.69) is 0 Å². The lowest BCUT2D eigenvalue weighted by atomic mass is 10.1. The fourth-order valence-electron chi connectivity index (χ4n) is 1.59. The second-order valence-corrected chi connectivity index (χ2v) is 6.45. The third kappa shape index (κ3) is 7.18. The minimum Gasteiger partial charge on any atom is -0.494 e. The lowest BCUT2D eigenvalue weighted by Gasteiger charge is -2.19. The van der Waals surface area contributed by atoms with Gasteiger partial charge in [0.2, 0.25) is 0 Å². The molecule has 0 bridgehead atoms. The Labute approximate surface area is 130 Å². The van der Waals surface area contributed by atoms with Gasteiger partial charge in [0, 0.05) is 5.56 Å². The van der Waals surface area contributed by atoms with Crippen molar-refractivity contribution in [1.29, 1.82) is 0 Å². The van der Waals surface area contributed by atoms with E-state index in [9.17, 15) is 9.59 Å². The number of esters is 1. The molecule has 0 aliphatic rings. The van der Waals surface area contributed by atoms with E-state index in [-0.39, 0.29) is 23.3 Å². The molecule has 0 fully saturated rings. The Morgan fingerprint density at radius 3 is 2.24 bits per heavy atom. The van der Waals surface area contributed by atoms with E-state index in [0.29, 0.717) is 12.2 Å². The maximum Gasteiger partial charge on any atom is 0.316 e. The molecule has 0 aromatic heterocycles. The van der Waals surface area contributed by atoms with E-state index >= 15 is 0 Å². The Bertz CT molecular complexity index is 474. The van der Waals surface area contributed by atoms with Crippen molar-refractivity contribution < 1.29 is 19.1 Å². The van der Waals surface area contributed by atoms with Crippen molar-refractivity contribution in [2.75, 3.05) is 18.1 Å². The minimum absolute atomic E-state index is 0.00777. The van der Waals surface area contributed by atoms with Crippen LogP contribution in [0.1, 0.15) is 38.1 Å². The van der Waals surface area contributed by atoms with E-state index in [1.807, 2.05) is 27.7 Å². The molecule has 0 aliphatic carbocycles. The van der Waals surface area contributed by atoms with Crippen LogP contribution in [0.4, 0.5) is 0 Å². The van der Waals surface area contributed by atoms with Crippen molar-refractivity contribution in [3.8, 4) is 5.75 Å². The Morgan fingerprint density at radius 1 is 1.10 bits per heavy atom. The topological polar surface area (TPSA) is 52.6 Å². The van der Waals surface area contributed by atoms with Crippen LogP contribution in [0.2, 0.25) is 0 Å². The Kier molecular flexibility index (Phi) is 6.75. The summed E-state index contributed by atoms with van der Waals surface area (Å²) in [6, 6.07) is 7.02. The highest BCUT2D eigenvalue weighted by molar-refractivity contribution is 8.00. The molecule has 0 saturated carbocycles. The zero-order valence-electron chi connectivity index (χ0n) is 13.0. The molecule has 0 saturated heterocycles. The third-order valence-corrected chi connectivity index (χ3v) is 3.27. The SMILES string of the molecule is CCOc1ccc(C(=O)CSCC(=O)OC(C)(C)C)cc1. The molecule has 1 aromatic rings. The van der Waals surface area contributed by atoms with Gasteiger partial charge in [-0.3, -0.25) is 9.59 Å². The van der Waals surface area contributed by atoms with E-state index in [1.165, 1.54) is 11.8 Å². The maximum absolute atomic E-state index is 12.0. The smallest absolute Gasteiger partial charge is 0.316 e. The lowest BCUT2D eigenvalue weighted by Crippen LogP contribution is -2.25. The highest BCUT2D eigenvalue weighted by atomic mass is 32.2. The number of ketones is 1. The molecule has 116 valence electrons. The van der Waals surface area contributed by atoms with Crippen molar-refractivity contribution in [2.24, 2.45) is 0 Å². The second kappa shape index (κ2) is 8.08. The predicted octanol–water partition coefficient (Wildman–Crippen LogP) is 3.34. The third-order valence-electron chi connectivity index (χ3n) is 2.36. The first-order chi connectivity index (χ1) is 9.81. The fourth-order valence-corrected chi connectivity index (χ4v) is 2.26. The van der Waals surface area contributed by atoms with Crippen molar-refractivity contribution in [2.45, 2.75) is 33.3 Å². The molecule has 0 unspecified atom stereocenters. The van der Waals surface area contributed by atoms with Crippen LogP contribution in [0.15, 0.2) is 24.3 Å². The number of Topliss-reactive ketones (excluding diaryl/α,β-unsaturated/α-hetero) is 1. The molecule has 1 aromatic carbocycles. The first kappa shape index (κ1) is 17.6. The van der Waals surface area contributed by atoms with Crippen LogP contribution in [0.3, 0.4) is 0 Å². The highest BCUT2D eigenvalue weighted by Gasteiger charge is 2.16. The van der Waals surface area contributed by atoms with E-state index in [4.69, 9.17) is 9.47 Å². The predicted molar refractivity (Wildman–Crippen MR) is 85.1 cm³/mol. The molecular weight excluding hydrogens is 288 g/mol. The normalized spacial score (nSPS) is 11.0. The number of hydrogen-bond acceptors (Lipinski definition) is 5. The second-order valence-electron chi connectivity index (χ2n) is 5.46. The Hall–Kier alpha value is -1.49. The van der Waals surface area contributed by atoms with E-state index in [1.54, 1.807) is 24.3 Å². The summed E-state index contributed by atoms with van der Waals surface area (Å²) in [5, 5.41) is 0. The van der Waals surface area contributed by atoms with Gasteiger partial charge < -0.3 is 9.47 Å². The van der Waals surface area contributed by atoms with Crippen molar-refractivity contribution in [1.82, 2.24) is 0 Å². The number of ether oxygens (including phenoxy) is 2. The van der Waals surface area contributed by atoms with Gasteiger partial charge in [-0.15, -0.1) is 11.8 Å². The first-order valence-electron chi connectivity index (χ1n) is 6.87. The summed E-state index contributed by atoms with van der Waals surface area (Å²) in [6.07, 6.45) is 0. The Morgan fingerprint density at radius 2 is 1.71 bits per heavy atom. The summed E-state index contributed by atoms with van der Waals surface area (Å²) in [4.78, 5) is 23.5. The quantitative estimate of drug-likeness (QED) is 0.571. The van der Waals surface area contributed by atoms with Gasteiger partial charge in [0.15, 0.2) is 5.78 Å². The van der Waals surface area contributed by atoms with Crippen LogP contribution >= 0.6 is 11.8 Å². The average molecular weight is 310 g/mol. The first-order valence-corrected chi connectivity index (χ1v) is 8.03. The molecule has 21 heavy (non-hydrogen) atoms. The number of hydrogen-bond donors (Lipinski definition) is 0. The van der Waals surface area contributed by atoms with Crippen molar-refractivity contribution in [3.63, 3.8) is 0 Å². The van der Waals surface area contributed by atoms with Gasteiger partial charge in [-0.25, -0.2) is 0 Å². The van der Waals surface area contributed by atoms with Gasteiger partial charge >= 0.3 is 5.97 Å². The number of benzene rings is 1. The lowest BCUT2D eigenvalue weighted by molar-refractivity contribution is -0.151. The summed E-state index contributed by atoms with van der Waals surface area (Å²) in [5.41, 5.74) is 0.131. The Balaban J connectivity index is 2.38. The summed E-state index contributed by atoms with van der Waals surface area (Å²) in [5.74, 6) is 0.877. The molecule has 5 heteroatoms. The standard InChI is InChI=1S/C16H22O4S/c1-5-19-13-8-6-12(7-9-13)14(17)10-21-11-15(18)20-16(2,3)4/h6-9H,5,10-11H2,1-4H3. The van der Waals surface area contributed by atoms with Gasteiger partial charge in [0.25, 0.3) is 0 Å². The maximum atomic E-state index is 12.0. The number of carbonyl (C=O) groups is 2. The number of carbonyl (C=O) groups excluding carboxylic acids is 2. The molecule has 0 radical (unpaired) electrons. The summed E-state index contributed by atoms with van der Waals surface area (Å²) in [6.45, 7) is 7.97. The minimum atomic E-state index is -0.489. The summed E-state index contributed by atoms with van der Waals surface area (Å²) >= 11 is 1.26. The molecule has 0 spiro atoms.